The quantitative estimate of drug-likeness (QED) is 0.596. The molecule has 0 saturated heterocycles. The third-order valence-corrected chi connectivity index (χ3v) is 1.47. The Bertz CT molecular complexity index is 237. The van der Waals surface area contributed by atoms with Crippen molar-refractivity contribution in [3.8, 4) is 0 Å². The van der Waals surface area contributed by atoms with E-state index < -0.39 is 5.82 Å². The number of nitrogens with zero attached hydrogens (tertiary/aromatic N) is 1. The van der Waals surface area contributed by atoms with Gasteiger partial charge in [0.2, 0.25) is 0 Å². The maximum Gasteiger partial charge on any atom is 0.140 e. The molecule has 0 unspecified atom stereocenters. The van der Waals surface area contributed by atoms with Gasteiger partial charge in [-0.2, -0.15) is 0 Å². The molecule has 0 spiro atoms. The first-order valence-corrected chi connectivity index (χ1v) is 3.16. The summed E-state index contributed by atoms with van der Waals surface area (Å²) in [5.41, 5.74) is 0.599. The van der Waals surface area contributed by atoms with E-state index in [2.05, 4.69) is 5.32 Å². The van der Waals surface area contributed by atoms with E-state index in [1.807, 2.05) is 0 Å². The fourth-order valence-electron chi connectivity index (χ4n) is 0.624. The molecular weight excluding hydrogens is 153 g/mol. The lowest BCUT2D eigenvalue weighted by Gasteiger charge is -2.12. The molecule has 0 N–H and O–H groups in total. The molecule has 0 amide bonds. The normalized spacial score (nSPS) is 9.50. The van der Waals surface area contributed by atoms with E-state index in [0.717, 1.165) is 0 Å². The predicted octanol–water partition coefficient (Wildman–Crippen LogP) is 3.11. The van der Waals surface area contributed by atoms with Crippen molar-refractivity contribution in [1.82, 2.24) is 0 Å². The molecule has 3 heteroatoms. The second-order valence-corrected chi connectivity index (χ2v) is 2.23. The van der Waals surface area contributed by atoms with E-state index in [9.17, 15) is 4.39 Å². The van der Waals surface area contributed by atoms with E-state index in [0.29, 0.717) is 5.69 Å². The molecule has 0 aliphatic carbocycles. The molecule has 0 bridgehead atoms. The lowest BCUT2D eigenvalue weighted by Crippen LogP contribution is -1.74. The Hall–Kier alpha value is -0.760. The number of hydrogen-bond acceptors (Lipinski definition) is 0. The third-order valence-electron chi connectivity index (χ3n) is 1.16. The van der Waals surface area contributed by atoms with Gasteiger partial charge in [-0.3, -0.25) is 0 Å². The molecule has 0 radical (unpaired) electrons. The Morgan fingerprint density at radius 1 is 1.50 bits per heavy atom. The highest BCUT2D eigenvalue weighted by Gasteiger charge is 1.93. The molecule has 0 aromatic heterocycles. The second-order valence-electron chi connectivity index (χ2n) is 1.82. The fourth-order valence-corrected chi connectivity index (χ4v) is 0.742. The van der Waals surface area contributed by atoms with Crippen LogP contribution in [0.2, 0.25) is 5.02 Å². The van der Waals surface area contributed by atoms with E-state index in [1.165, 1.54) is 12.1 Å². The van der Waals surface area contributed by atoms with Gasteiger partial charge in [-0.05, 0) is 12.1 Å². The lowest BCUT2D eigenvalue weighted by atomic mass is 10.3. The van der Waals surface area contributed by atoms with Gasteiger partial charge in [-0.15, -0.1) is 12.7 Å². The molecule has 10 heavy (non-hydrogen) atoms. The Balaban J connectivity index is 3.04. The lowest BCUT2D eigenvalue weighted by molar-refractivity contribution is 0.629. The van der Waals surface area contributed by atoms with Crippen molar-refractivity contribution >= 4 is 17.3 Å². The van der Waals surface area contributed by atoms with Crippen LogP contribution in [0.3, 0.4) is 0 Å². The van der Waals surface area contributed by atoms with Gasteiger partial charge >= 0.3 is 0 Å². The molecule has 1 aromatic rings. The minimum Gasteiger partial charge on any atom is -0.687 e. The molecule has 1 aromatic carbocycles. The van der Waals surface area contributed by atoms with Crippen LogP contribution >= 0.6 is 11.6 Å². The number of halogens is 2. The highest BCUT2D eigenvalue weighted by molar-refractivity contribution is 6.30. The summed E-state index contributed by atoms with van der Waals surface area (Å²) in [6.07, 6.45) is 0. The molecule has 54 valence electrons. The third kappa shape index (κ3) is 1.39. The molecule has 0 heterocycles. The zero-order valence-corrected chi connectivity index (χ0v) is 6.19. The van der Waals surface area contributed by atoms with Crippen molar-refractivity contribution in [1.29, 1.82) is 0 Å². The SMILES string of the molecule is C[N-]c1ccc(Cl)c(F)c1. The standard InChI is InChI=1S/C7H6ClFN/c1-10-5-2-3-6(8)7(9)4-5/h2-4H,1H3/q-1. The van der Waals surface area contributed by atoms with Crippen molar-refractivity contribution in [2.75, 3.05) is 7.05 Å². The van der Waals surface area contributed by atoms with E-state index >= 15 is 0 Å². The Morgan fingerprint density at radius 3 is 2.70 bits per heavy atom. The smallest absolute Gasteiger partial charge is 0.140 e. The minimum absolute atomic E-state index is 0.132. The summed E-state index contributed by atoms with van der Waals surface area (Å²) < 4.78 is 12.6. The first kappa shape index (κ1) is 7.35. The van der Waals surface area contributed by atoms with Crippen molar-refractivity contribution in [2.24, 2.45) is 0 Å². The maximum absolute atomic E-state index is 12.6. The van der Waals surface area contributed by atoms with Crippen LogP contribution in [-0.2, 0) is 0 Å². The van der Waals surface area contributed by atoms with Crippen LogP contribution in [0.25, 0.3) is 5.32 Å². The van der Waals surface area contributed by atoms with Gasteiger partial charge in [0.15, 0.2) is 0 Å². The molecule has 0 aliphatic rings. The van der Waals surface area contributed by atoms with Crippen LogP contribution in [0.1, 0.15) is 0 Å². The maximum atomic E-state index is 12.6. The minimum atomic E-state index is -0.426. The van der Waals surface area contributed by atoms with Gasteiger partial charge in [0, 0.05) is 0 Å². The van der Waals surface area contributed by atoms with Crippen LogP contribution in [0.4, 0.5) is 10.1 Å². The summed E-state index contributed by atoms with van der Waals surface area (Å²) in [5, 5.41) is 3.91. The molecule has 0 saturated carbocycles. The Labute approximate surface area is 63.8 Å². The number of benzene rings is 1. The van der Waals surface area contributed by atoms with Crippen molar-refractivity contribution < 1.29 is 4.39 Å². The van der Waals surface area contributed by atoms with Crippen LogP contribution in [0, 0.1) is 5.82 Å². The summed E-state index contributed by atoms with van der Waals surface area (Å²) in [7, 11) is 1.60. The average molecular weight is 159 g/mol. The van der Waals surface area contributed by atoms with Gasteiger partial charge in [-0.1, -0.05) is 17.7 Å². The average Bonchev–Trinajstić information content (AvgIpc) is 1.95. The molecule has 0 atom stereocenters. The monoisotopic (exact) mass is 158 g/mol. The first-order chi connectivity index (χ1) is 4.74. The Morgan fingerprint density at radius 2 is 2.20 bits per heavy atom. The first-order valence-electron chi connectivity index (χ1n) is 2.79. The van der Waals surface area contributed by atoms with Crippen LogP contribution in [-0.4, -0.2) is 7.05 Å². The molecule has 1 nitrogen and oxygen atoms in total. The van der Waals surface area contributed by atoms with Gasteiger partial charge in [0.25, 0.3) is 0 Å². The van der Waals surface area contributed by atoms with Crippen LogP contribution < -0.4 is 0 Å². The largest absolute Gasteiger partial charge is 0.687 e. The summed E-state index contributed by atoms with van der Waals surface area (Å²) >= 11 is 5.42. The fraction of sp³-hybridized carbons (Fsp3) is 0.143. The number of rotatable bonds is 1. The predicted molar refractivity (Wildman–Crippen MR) is 40.4 cm³/mol. The van der Waals surface area contributed by atoms with E-state index in [-0.39, 0.29) is 5.02 Å². The number of hydrogen-bond donors (Lipinski definition) is 0. The van der Waals surface area contributed by atoms with Gasteiger partial charge in [0.05, 0.1) is 5.02 Å². The van der Waals surface area contributed by atoms with Gasteiger partial charge in [-0.25, -0.2) is 4.39 Å². The summed E-state index contributed by atoms with van der Waals surface area (Å²) in [6, 6.07) is 4.44. The van der Waals surface area contributed by atoms with Crippen LogP contribution in [0.5, 0.6) is 0 Å². The summed E-state index contributed by atoms with van der Waals surface area (Å²) in [5.74, 6) is -0.426. The Kier molecular flexibility index (Phi) is 2.12. The van der Waals surface area contributed by atoms with Gasteiger partial charge in [0.1, 0.15) is 5.82 Å². The van der Waals surface area contributed by atoms with Crippen molar-refractivity contribution in [3.63, 3.8) is 0 Å². The topological polar surface area (TPSA) is 14.1 Å². The molecule has 1 rings (SSSR count). The molecule has 0 aliphatic heterocycles. The highest BCUT2D eigenvalue weighted by Crippen LogP contribution is 2.22. The van der Waals surface area contributed by atoms with Crippen molar-refractivity contribution in [3.05, 3.63) is 34.4 Å². The van der Waals surface area contributed by atoms with Crippen molar-refractivity contribution in [2.45, 2.75) is 0 Å². The summed E-state index contributed by atoms with van der Waals surface area (Å²) in [6.45, 7) is 0. The molecular formula is C7H6ClFN-. The van der Waals surface area contributed by atoms with Gasteiger partial charge < -0.3 is 5.32 Å². The summed E-state index contributed by atoms with van der Waals surface area (Å²) in [4.78, 5) is 0. The van der Waals surface area contributed by atoms with E-state index in [4.69, 9.17) is 11.6 Å². The zero-order valence-electron chi connectivity index (χ0n) is 5.44. The van der Waals surface area contributed by atoms with E-state index in [1.54, 1.807) is 13.1 Å². The zero-order chi connectivity index (χ0) is 7.56. The molecule has 0 fully saturated rings. The second kappa shape index (κ2) is 2.88. The highest BCUT2D eigenvalue weighted by atomic mass is 35.5. The van der Waals surface area contributed by atoms with Crippen LogP contribution in [0.15, 0.2) is 18.2 Å².